The van der Waals surface area contributed by atoms with Gasteiger partial charge in [-0.25, -0.2) is 8.42 Å². The molecule has 4 nitrogen and oxygen atoms in total. The van der Waals surface area contributed by atoms with Crippen LogP contribution in [0.25, 0.3) is 0 Å². The lowest BCUT2D eigenvalue weighted by atomic mass is 10.1. The zero-order valence-electron chi connectivity index (χ0n) is 11.2. The predicted molar refractivity (Wildman–Crippen MR) is 76.9 cm³/mol. The molecule has 19 heavy (non-hydrogen) atoms. The lowest BCUT2D eigenvalue weighted by Gasteiger charge is -2.36. The van der Waals surface area contributed by atoms with Gasteiger partial charge in [-0.05, 0) is 57.3 Å². The highest BCUT2D eigenvalue weighted by Crippen LogP contribution is 2.37. The summed E-state index contributed by atoms with van der Waals surface area (Å²) in [5, 5.41) is 1.84. The molecule has 1 saturated carbocycles. The second-order valence-corrected chi connectivity index (χ2v) is 8.55. The minimum Gasteiger partial charge on any atom is -0.306 e. The first kappa shape index (κ1) is 13.5. The standard InChI is InChI=1S/C13H20N2O2S2/c1-14-8-6-12(7-9-14)15(11-4-5-11)19(16,17)13-3-2-10-18-13/h2-3,10-12H,4-9H2,1H3. The smallest absolute Gasteiger partial charge is 0.253 e. The van der Waals surface area contributed by atoms with E-state index >= 15 is 0 Å². The molecular formula is C13H20N2O2S2. The first-order valence-corrected chi connectivity index (χ1v) is 9.16. The van der Waals surface area contributed by atoms with E-state index in [0.29, 0.717) is 4.21 Å². The Balaban J connectivity index is 1.85. The highest BCUT2D eigenvalue weighted by molar-refractivity contribution is 7.91. The van der Waals surface area contributed by atoms with E-state index in [-0.39, 0.29) is 12.1 Å². The second kappa shape index (κ2) is 5.16. The molecule has 0 atom stereocenters. The summed E-state index contributed by atoms with van der Waals surface area (Å²) in [5.74, 6) is 0. The molecule has 6 heteroatoms. The topological polar surface area (TPSA) is 40.6 Å². The van der Waals surface area contributed by atoms with Gasteiger partial charge in [0, 0.05) is 12.1 Å². The summed E-state index contributed by atoms with van der Waals surface area (Å²) in [6.45, 7) is 1.99. The molecule has 0 aromatic carbocycles. The van der Waals surface area contributed by atoms with E-state index < -0.39 is 10.0 Å². The Hall–Kier alpha value is -0.430. The third kappa shape index (κ3) is 2.72. The SMILES string of the molecule is CN1CCC(N(C2CC2)S(=O)(=O)c2cccs2)CC1. The zero-order valence-corrected chi connectivity index (χ0v) is 12.8. The highest BCUT2D eigenvalue weighted by Gasteiger charge is 2.43. The first-order chi connectivity index (χ1) is 9.09. The number of hydrogen-bond donors (Lipinski definition) is 0. The van der Waals surface area contributed by atoms with Crippen molar-refractivity contribution in [3.8, 4) is 0 Å². The Bertz CT molecular complexity index is 515. The molecule has 1 aromatic rings. The van der Waals surface area contributed by atoms with Crippen LogP contribution in [0, 0.1) is 0 Å². The fraction of sp³-hybridized carbons (Fsp3) is 0.692. The van der Waals surface area contributed by atoms with Crippen LogP contribution in [-0.2, 0) is 10.0 Å². The maximum atomic E-state index is 12.8. The van der Waals surface area contributed by atoms with Gasteiger partial charge in [0.15, 0.2) is 0 Å². The van der Waals surface area contributed by atoms with Crippen molar-refractivity contribution in [2.75, 3.05) is 20.1 Å². The average Bonchev–Trinajstić information content (AvgIpc) is 3.04. The van der Waals surface area contributed by atoms with Crippen LogP contribution in [0.1, 0.15) is 25.7 Å². The minimum atomic E-state index is -3.28. The van der Waals surface area contributed by atoms with Crippen molar-refractivity contribution in [1.82, 2.24) is 9.21 Å². The Kier molecular flexibility index (Phi) is 3.68. The van der Waals surface area contributed by atoms with Gasteiger partial charge in [-0.1, -0.05) is 6.07 Å². The third-order valence-electron chi connectivity index (χ3n) is 3.98. The molecule has 0 bridgehead atoms. The fourth-order valence-corrected chi connectivity index (χ4v) is 5.81. The van der Waals surface area contributed by atoms with Gasteiger partial charge in [-0.3, -0.25) is 0 Å². The molecule has 1 aromatic heterocycles. The zero-order chi connectivity index (χ0) is 13.5. The fourth-order valence-electron chi connectivity index (χ4n) is 2.78. The van der Waals surface area contributed by atoms with Crippen LogP contribution in [0.2, 0.25) is 0 Å². The highest BCUT2D eigenvalue weighted by atomic mass is 32.2. The van der Waals surface area contributed by atoms with Crippen LogP contribution in [0.5, 0.6) is 0 Å². The summed E-state index contributed by atoms with van der Waals surface area (Å²) >= 11 is 1.33. The van der Waals surface area contributed by atoms with E-state index in [1.807, 2.05) is 15.8 Å². The molecule has 2 heterocycles. The molecule has 0 unspecified atom stereocenters. The molecule has 2 fully saturated rings. The van der Waals surface area contributed by atoms with E-state index in [1.165, 1.54) is 11.3 Å². The van der Waals surface area contributed by atoms with E-state index in [1.54, 1.807) is 6.07 Å². The number of rotatable bonds is 4. The van der Waals surface area contributed by atoms with E-state index in [0.717, 1.165) is 38.8 Å². The van der Waals surface area contributed by atoms with E-state index in [2.05, 4.69) is 11.9 Å². The quantitative estimate of drug-likeness (QED) is 0.854. The minimum absolute atomic E-state index is 0.191. The number of sulfonamides is 1. The van der Waals surface area contributed by atoms with Crippen LogP contribution in [-0.4, -0.2) is 49.8 Å². The molecule has 0 amide bonds. The van der Waals surface area contributed by atoms with Gasteiger partial charge >= 0.3 is 0 Å². The number of piperidine rings is 1. The maximum Gasteiger partial charge on any atom is 0.253 e. The van der Waals surface area contributed by atoms with Gasteiger partial charge in [0.25, 0.3) is 10.0 Å². The normalized spacial score (nSPS) is 23.1. The number of nitrogens with zero attached hydrogens (tertiary/aromatic N) is 2. The molecule has 3 rings (SSSR count). The maximum absolute atomic E-state index is 12.8. The lowest BCUT2D eigenvalue weighted by Crippen LogP contribution is -2.47. The Morgan fingerprint density at radius 3 is 2.37 bits per heavy atom. The van der Waals surface area contributed by atoms with Crippen LogP contribution >= 0.6 is 11.3 Å². The van der Waals surface area contributed by atoms with Crippen molar-refractivity contribution in [2.45, 2.75) is 42.0 Å². The third-order valence-corrected chi connectivity index (χ3v) is 7.36. The molecule has 2 aliphatic rings. The van der Waals surface area contributed by atoms with Crippen molar-refractivity contribution in [3.63, 3.8) is 0 Å². The van der Waals surface area contributed by atoms with Crippen molar-refractivity contribution >= 4 is 21.4 Å². The first-order valence-electron chi connectivity index (χ1n) is 6.84. The van der Waals surface area contributed by atoms with Gasteiger partial charge in [-0.15, -0.1) is 11.3 Å². The van der Waals surface area contributed by atoms with Crippen molar-refractivity contribution in [2.24, 2.45) is 0 Å². The summed E-state index contributed by atoms with van der Waals surface area (Å²) in [6.07, 6.45) is 3.96. The monoisotopic (exact) mass is 300 g/mol. The van der Waals surface area contributed by atoms with Crippen LogP contribution in [0.4, 0.5) is 0 Å². The van der Waals surface area contributed by atoms with Crippen molar-refractivity contribution in [1.29, 1.82) is 0 Å². The number of hydrogen-bond acceptors (Lipinski definition) is 4. The molecule has 0 radical (unpaired) electrons. The summed E-state index contributed by atoms with van der Waals surface area (Å²) in [4.78, 5) is 2.28. The van der Waals surface area contributed by atoms with Gasteiger partial charge in [0.1, 0.15) is 4.21 Å². The summed E-state index contributed by atoms with van der Waals surface area (Å²) in [6, 6.07) is 3.98. The van der Waals surface area contributed by atoms with Crippen molar-refractivity contribution in [3.05, 3.63) is 17.5 Å². The van der Waals surface area contributed by atoms with Crippen molar-refractivity contribution < 1.29 is 8.42 Å². The molecule has 0 spiro atoms. The molecule has 1 aliphatic carbocycles. The summed E-state index contributed by atoms with van der Waals surface area (Å²) in [5.41, 5.74) is 0. The lowest BCUT2D eigenvalue weighted by molar-refractivity contribution is 0.179. The van der Waals surface area contributed by atoms with Crippen LogP contribution in [0.3, 0.4) is 0 Å². The number of thiophene rings is 1. The average molecular weight is 300 g/mol. The Labute approximate surface area is 119 Å². The molecule has 106 valence electrons. The molecule has 0 N–H and O–H groups in total. The predicted octanol–water partition coefficient (Wildman–Crippen LogP) is 2.00. The van der Waals surface area contributed by atoms with Gasteiger partial charge in [-0.2, -0.15) is 4.31 Å². The Morgan fingerprint density at radius 2 is 1.84 bits per heavy atom. The van der Waals surface area contributed by atoms with Crippen LogP contribution < -0.4 is 0 Å². The van der Waals surface area contributed by atoms with Gasteiger partial charge in [0.05, 0.1) is 0 Å². The number of likely N-dealkylation sites (tertiary alicyclic amines) is 1. The Morgan fingerprint density at radius 1 is 1.21 bits per heavy atom. The molecule has 1 saturated heterocycles. The summed E-state index contributed by atoms with van der Waals surface area (Å²) in [7, 11) is -1.18. The van der Waals surface area contributed by atoms with Gasteiger partial charge in [0.2, 0.25) is 0 Å². The molecule has 1 aliphatic heterocycles. The van der Waals surface area contributed by atoms with Gasteiger partial charge < -0.3 is 4.90 Å². The van der Waals surface area contributed by atoms with Crippen LogP contribution in [0.15, 0.2) is 21.7 Å². The molecular weight excluding hydrogens is 280 g/mol. The second-order valence-electron chi connectivity index (χ2n) is 5.53. The summed E-state index contributed by atoms with van der Waals surface area (Å²) < 4.78 is 27.9. The van der Waals surface area contributed by atoms with E-state index in [4.69, 9.17) is 0 Å². The van der Waals surface area contributed by atoms with E-state index in [9.17, 15) is 8.42 Å². The largest absolute Gasteiger partial charge is 0.306 e.